The number of aromatic nitrogens is 3. The van der Waals surface area contributed by atoms with E-state index in [-0.39, 0.29) is 5.91 Å². The fourth-order valence-electron chi connectivity index (χ4n) is 2.97. The maximum atomic E-state index is 12.8. The van der Waals surface area contributed by atoms with Crippen molar-refractivity contribution in [2.45, 2.75) is 20.4 Å². The van der Waals surface area contributed by atoms with Crippen molar-refractivity contribution < 1.29 is 4.79 Å². The van der Waals surface area contributed by atoms with E-state index in [1.54, 1.807) is 15.8 Å². The van der Waals surface area contributed by atoms with Gasteiger partial charge in [-0.05, 0) is 48.7 Å². The van der Waals surface area contributed by atoms with Gasteiger partial charge < -0.3 is 4.90 Å². The quantitative estimate of drug-likeness (QED) is 0.735. The summed E-state index contributed by atoms with van der Waals surface area (Å²) in [4.78, 5) is 18.7. The van der Waals surface area contributed by atoms with Gasteiger partial charge in [0, 0.05) is 50.4 Å². The van der Waals surface area contributed by atoms with Crippen LogP contribution in [0.4, 0.5) is 0 Å². The number of amides is 1. The normalized spacial score (nSPS) is 10.7. The molecule has 5 nitrogen and oxygen atoms in total. The van der Waals surface area contributed by atoms with Crippen molar-refractivity contribution in [1.82, 2.24) is 19.7 Å². The third kappa shape index (κ3) is 3.60. The average Bonchev–Trinajstić information content (AvgIpc) is 2.92. The van der Waals surface area contributed by atoms with Crippen LogP contribution in [0.15, 0.2) is 48.9 Å². The van der Waals surface area contributed by atoms with Gasteiger partial charge in [-0.3, -0.25) is 14.5 Å². The van der Waals surface area contributed by atoms with Crippen molar-refractivity contribution in [3.63, 3.8) is 0 Å². The second-order valence-corrected chi connectivity index (χ2v) is 6.35. The van der Waals surface area contributed by atoms with Gasteiger partial charge in [-0.25, -0.2) is 0 Å². The Labute approximate surface area is 147 Å². The van der Waals surface area contributed by atoms with Crippen LogP contribution in [-0.2, 0) is 13.6 Å². The Hall–Kier alpha value is -2.95. The van der Waals surface area contributed by atoms with Gasteiger partial charge in [0.2, 0.25) is 0 Å². The molecule has 1 aromatic carbocycles. The van der Waals surface area contributed by atoms with E-state index >= 15 is 0 Å². The van der Waals surface area contributed by atoms with Crippen molar-refractivity contribution in [3.8, 4) is 11.1 Å². The maximum absolute atomic E-state index is 12.8. The van der Waals surface area contributed by atoms with Crippen LogP contribution in [0.5, 0.6) is 0 Å². The van der Waals surface area contributed by atoms with Gasteiger partial charge in [0.25, 0.3) is 5.91 Å². The summed E-state index contributed by atoms with van der Waals surface area (Å²) in [5.41, 5.74) is 5.89. The Kier molecular flexibility index (Phi) is 4.65. The SMILES string of the molecule is Cc1cnccc1-c1cccc(C(=O)N(C)Cc2cn(C)nc2C)c1. The molecule has 0 N–H and O–H groups in total. The second-order valence-electron chi connectivity index (χ2n) is 6.35. The molecule has 1 amide bonds. The number of hydrogen-bond donors (Lipinski definition) is 0. The highest BCUT2D eigenvalue weighted by Gasteiger charge is 2.15. The molecule has 3 aromatic rings. The van der Waals surface area contributed by atoms with E-state index in [1.165, 1.54) is 0 Å². The third-order valence-corrected chi connectivity index (χ3v) is 4.31. The molecule has 2 aromatic heterocycles. The van der Waals surface area contributed by atoms with Crippen LogP contribution in [0.25, 0.3) is 11.1 Å². The van der Waals surface area contributed by atoms with Crippen LogP contribution >= 0.6 is 0 Å². The standard InChI is InChI=1S/C20H22N4O/c1-14-11-21-9-8-19(14)16-6-5-7-17(10-16)20(25)23(3)12-18-13-24(4)22-15(18)2/h5-11,13H,12H2,1-4H3. The average molecular weight is 334 g/mol. The predicted molar refractivity (Wildman–Crippen MR) is 98.2 cm³/mol. The Morgan fingerprint density at radius 2 is 2.04 bits per heavy atom. The molecular weight excluding hydrogens is 312 g/mol. The zero-order chi connectivity index (χ0) is 18.0. The van der Waals surface area contributed by atoms with Gasteiger partial charge in [-0.1, -0.05) is 12.1 Å². The lowest BCUT2D eigenvalue weighted by Gasteiger charge is -2.17. The number of hydrogen-bond acceptors (Lipinski definition) is 3. The van der Waals surface area contributed by atoms with Gasteiger partial charge >= 0.3 is 0 Å². The molecule has 0 aliphatic carbocycles. The monoisotopic (exact) mass is 334 g/mol. The highest BCUT2D eigenvalue weighted by Crippen LogP contribution is 2.24. The van der Waals surface area contributed by atoms with E-state index in [0.29, 0.717) is 12.1 Å². The van der Waals surface area contributed by atoms with Crippen LogP contribution in [-0.4, -0.2) is 32.6 Å². The lowest BCUT2D eigenvalue weighted by Crippen LogP contribution is -2.26. The Bertz CT molecular complexity index is 914. The molecule has 0 radical (unpaired) electrons. The topological polar surface area (TPSA) is 51.0 Å². The first kappa shape index (κ1) is 16.9. The summed E-state index contributed by atoms with van der Waals surface area (Å²) in [7, 11) is 3.71. The number of nitrogens with zero attached hydrogens (tertiary/aromatic N) is 4. The fourth-order valence-corrected chi connectivity index (χ4v) is 2.97. The third-order valence-electron chi connectivity index (χ3n) is 4.31. The van der Waals surface area contributed by atoms with Gasteiger partial charge in [-0.15, -0.1) is 0 Å². The molecular formula is C20H22N4O. The molecule has 0 unspecified atom stereocenters. The van der Waals surface area contributed by atoms with Crippen molar-refractivity contribution in [2.75, 3.05) is 7.05 Å². The number of aryl methyl sites for hydroxylation is 3. The lowest BCUT2D eigenvalue weighted by molar-refractivity contribution is 0.0785. The van der Waals surface area contributed by atoms with E-state index in [4.69, 9.17) is 0 Å². The molecule has 5 heteroatoms. The summed E-state index contributed by atoms with van der Waals surface area (Å²) in [5.74, 6) is -0.00295. The number of benzene rings is 1. The summed E-state index contributed by atoms with van der Waals surface area (Å²) in [5, 5.41) is 4.33. The first-order valence-corrected chi connectivity index (χ1v) is 8.21. The van der Waals surface area contributed by atoms with Crippen molar-refractivity contribution in [3.05, 3.63) is 71.3 Å². The number of rotatable bonds is 4. The molecule has 25 heavy (non-hydrogen) atoms. The van der Waals surface area contributed by atoms with Crippen LogP contribution < -0.4 is 0 Å². The van der Waals surface area contributed by atoms with Crippen LogP contribution in [0.3, 0.4) is 0 Å². The number of carbonyl (C=O) groups excluding carboxylic acids is 1. The molecule has 0 aliphatic rings. The molecule has 2 heterocycles. The van der Waals surface area contributed by atoms with E-state index in [1.807, 2.05) is 70.7 Å². The molecule has 128 valence electrons. The number of pyridine rings is 1. The summed E-state index contributed by atoms with van der Waals surface area (Å²) in [6, 6.07) is 9.71. The zero-order valence-corrected chi connectivity index (χ0v) is 15.0. The van der Waals surface area contributed by atoms with E-state index in [2.05, 4.69) is 10.1 Å². The van der Waals surface area contributed by atoms with E-state index in [9.17, 15) is 4.79 Å². The van der Waals surface area contributed by atoms with Crippen molar-refractivity contribution in [1.29, 1.82) is 0 Å². The van der Waals surface area contributed by atoms with E-state index in [0.717, 1.165) is 27.9 Å². The molecule has 0 bridgehead atoms. The van der Waals surface area contributed by atoms with Crippen molar-refractivity contribution >= 4 is 5.91 Å². The summed E-state index contributed by atoms with van der Waals surface area (Å²) in [6.07, 6.45) is 5.56. The highest BCUT2D eigenvalue weighted by atomic mass is 16.2. The zero-order valence-electron chi connectivity index (χ0n) is 15.0. The highest BCUT2D eigenvalue weighted by molar-refractivity contribution is 5.95. The summed E-state index contributed by atoms with van der Waals surface area (Å²) in [6.45, 7) is 4.52. The lowest BCUT2D eigenvalue weighted by atomic mass is 10.0. The first-order chi connectivity index (χ1) is 12.0. The van der Waals surface area contributed by atoms with Gasteiger partial charge in [-0.2, -0.15) is 5.10 Å². The largest absolute Gasteiger partial charge is 0.337 e. The Balaban J connectivity index is 1.84. The van der Waals surface area contributed by atoms with Gasteiger partial charge in [0.15, 0.2) is 0 Å². The summed E-state index contributed by atoms with van der Waals surface area (Å²) >= 11 is 0. The van der Waals surface area contributed by atoms with Crippen LogP contribution in [0, 0.1) is 13.8 Å². The molecule has 0 aliphatic heterocycles. The maximum Gasteiger partial charge on any atom is 0.253 e. The van der Waals surface area contributed by atoms with Gasteiger partial charge in [0.05, 0.1) is 5.69 Å². The Morgan fingerprint density at radius 3 is 2.72 bits per heavy atom. The smallest absolute Gasteiger partial charge is 0.253 e. The van der Waals surface area contributed by atoms with Crippen LogP contribution in [0.1, 0.15) is 27.2 Å². The number of carbonyl (C=O) groups is 1. The van der Waals surface area contributed by atoms with Crippen molar-refractivity contribution in [2.24, 2.45) is 7.05 Å². The minimum absolute atomic E-state index is 0.00295. The minimum Gasteiger partial charge on any atom is -0.337 e. The predicted octanol–water partition coefficient (Wildman–Crippen LogP) is 3.37. The molecule has 0 atom stereocenters. The van der Waals surface area contributed by atoms with E-state index < -0.39 is 0 Å². The molecule has 0 spiro atoms. The summed E-state index contributed by atoms with van der Waals surface area (Å²) < 4.78 is 1.77. The molecule has 3 rings (SSSR count). The first-order valence-electron chi connectivity index (χ1n) is 8.21. The van der Waals surface area contributed by atoms with Crippen LogP contribution in [0.2, 0.25) is 0 Å². The second kappa shape index (κ2) is 6.89. The molecule has 0 saturated carbocycles. The molecule has 0 saturated heterocycles. The minimum atomic E-state index is -0.00295. The fraction of sp³-hybridized carbons (Fsp3) is 0.250. The van der Waals surface area contributed by atoms with Gasteiger partial charge in [0.1, 0.15) is 0 Å². The Morgan fingerprint density at radius 1 is 1.24 bits per heavy atom. The molecule has 0 fully saturated rings.